The Balaban J connectivity index is 0.00000380. The second-order valence-corrected chi connectivity index (χ2v) is 10.5. The Kier molecular flexibility index (Phi) is 9.94. The lowest BCUT2D eigenvalue weighted by Gasteiger charge is -2.23. The molecule has 0 bridgehead atoms. The first-order valence-corrected chi connectivity index (χ1v) is 13.4. The van der Waals surface area contributed by atoms with Crippen LogP contribution in [0.1, 0.15) is 24.1 Å². The molecule has 37 heavy (non-hydrogen) atoms. The summed E-state index contributed by atoms with van der Waals surface area (Å²) in [7, 11) is -0.559. The van der Waals surface area contributed by atoms with E-state index in [1.807, 2.05) is 36.4 Å². The van der Waals surface area contributed by atoms with Crippen LogP contribution in [0.4, 0.5) is 0 Å². The number of hydrogen-bond donors (Lipinski definition) is 2. The molecule has 0 radical (unpaired) electrons. The summed E-state index contributed by atoms with van der Waals surface area (Å²) in [6.45, 7) is 2.55. The largest absolute Gasteiger partial charge is 0.497 e. The Morgan fingerprint density at radius 2 is 1.38 bits per heavy atom. The third-order valence-electron chi connectivity index (χ3n) is 6.29. The predicted molar refractivity (Wildman–Crippen MR) is 151 cm³/mol. The molecule has 0 saturated heterocycles. The second-order valence-electron chi connectivity index (χ2n) is 8.74. The Morgan fingerprint density at radius 1 is 0.784 bits per heavy atom. The van der Waals surface area contributed by atoms with Crippen molar-refractivity contribution in [3.63, 3.8) is 0 Å². The third kappa shape index (κ3) is 7.23. The van der Waals surface area contributed by atoms with Crippen LogP contribution in [0.25, 0.3) is 10.8 Å². The molecule has 4 rings (SSSR count). The van der Waals surface area contributed by atoms with Crippen molar-refractivity contribution in [3.8, 4) is 11.5 Å². The van der Waals surface area contributed by atoms with Crippen LogP contribution in [0.2, 0.25) is 0 Å². The number of rotatable bonds is 11. The van der Waals surface area contributed by atoms with Crippen molar-refractivity contribution in [1.82, 2.24) is 10.0 Å². The van der Waals surface area contributed by atoms with Gasteiger partial charge in [0.1, 0.15) is 11.5 Å². The van der Waals surface area contributed by atoms with E-state index in [4.69, 9.17) is 9.47 Å². The van der Waals surface area contributed by atoms with Gasteiger partial charge in [-0.25, -0.2) is 13.1 Å². The molecule has 0 aliphatic heterocycles. The van der Waals surface area contributed by atoms with E-state index in [9.17, 15) is 8.42 Å². The van der Waals surface area contributed by atoms with Crippen LogP contribution in [-0.2, 0) is 16.4 Å². The van der Waals surface area contributed by atoms with Crippen LogP contribution in [0, 0.1) is 0 Å². The summed E-state index contributed by atoms with van der Waals surface area (Å²) < 4.78 is 39.8. The molecule has 4 aromatic rings. The maximum Gasteiger partial charge on any atom is 0.240 e. The van der Waals surface area contributed by atoms with E-state index < -0.39 is 10.0 Å². The fourth-order valence-corrected chi connectivity index (χ4v) is 5.54. The van der Waals surface area contributed by atoms with Crippen molar-refractivity contribution in [1.29, 1.82) is 0 Å². The van der Waals surface area contributed by atoms with E-state index in [-0.39, 0.29) is 29.4 Å². The highest BCUT2D eigenvalue weighted by atomic mass is 35.5. The van der Waals surface area contributed by atoms with E-state index in [1.54, 1.807) is 38.5 Å². The monoisotopic (exact) mass is 540 g/mol. The summed E-state index contributed by atoms with van der Waals surface area (Å²) in [5.41, 5.74) is 2.19. The van der Waals surface area contributed by atoms with Gasteiger partial charge in [0.05, 0.1) is 19.1 Å². The van der Waals surface area contributed by atoms with Crippen molar-refractivity contribution in [2.75, 3.05) is 20.8 Å². The summed E-state index contributed by atoms with van der Waals surface area (Å²) in [6, 6.07) is 28.3. The van der Waals surface area contributed by atoms with Gasteiger partial charge in [0.25, 0.3) is 0 Å². The van der Waals surface area contributed by atoms with Gasteiger partial charge in [-0.2, -0.15) is 0 Å². The van der Waals surface area contributed by atoms with Crippen molar-refractivity contribution >= 4 is 33.2 Å². The number of halogens is 1. The van der Waals surface area contributed by atoms with Gasteiger partial charge in [-0.05, 0) is 71.6 Å². The van der Waals surface area contributed by atoms with Gasteiger partial charge in [-0.15, -0.1) is 12.4 Å². The standard InChI is InChI=1S/C29H32N2O4S.ClH/c1-21(28-10-6-8-23-7-4-5-9-29(23)28)30-20-24(19-22-11-13-25(34-2)14-12-22)31-36(32,33)27-17-15-26(35-3)16-18-27;/h4-18,21,24,30-31H,19-20H2,1-3H3;1H. The summed E-state index contributed by atoms with van der Waals surface area (Å²) in [6.07, 6.45) is 0.522. The predicted octanol–water partition coefficient (Wildman–Crippen LogP) is 5.52. The highest BCUT2D eigenvalue weighted by molar-refractivity contribution is 7.89. The van der Waals surface area contributed by atoms with E-state index in [0.29, 0.717) is 18.7 Å². The van der Waals surface area contributed by atoms with Crippen molar-refractivity contribution in [2.24, 2.45) is 0 Å². The van der Waals surface area contributed by atoms with Crippen LogP contribution in [0.15, 0.2) is 95.9 Å². The zero-order chi connectivity index (χ0) is 25.5. The highest BCUT2D eigenvalue weighted by Gasteiger charge is 2.22. The van der Waals surface area contributed by atoms with Gasteiger partial charge in [0.2, 0.25) is 10.0 Å². The molecule has 0 amide bonds. The van der Waals surface area contributed by atoms with Crippen LogP contribution >= 0.6 is 12.4 Å². The lowest BCUT2D eigenvalue weighted by molar-refractivity contribution is 0.414. The van der Waals surface area contributed by atoms with Crippen LogP contribution in [0.3, 0.4) is 0 Å². The molecule has 6 nitrogen and oxygen atoms in total. The van der Waals surface area contributed by atoms with Gasteiger partial charge < -0.3 is 14.8 Å². The first-order chi connectivity index (χ1) is 17.4. The Bertz CT molecular complexity index is 1390. The summed E-state index contributed by atoms with van der Waals surface area (Å²) in [5, 5.41) is 5.92. The number of fused-ring (bicyclic) bond motifs is 1. The molecule has 196 valence electrons. The Morgan fingerprint density at radius 3 is 2.03 bits per heavy atom. The highest BCUT2D eigenvalue weighted by Crippen LogP contribution is 2.24. The fourth-order valence-electron chi connectivity index (χ4n) is 4.30. The molecule has 2 atom stereocenters. The number of benzene rings is 4. The maximum absolute atomic E-state index is 13.2. The summed E-state index contributed by atoms with van der Waals surface area (Å²) in [5.74, 6) is 1.37. The SMILES string of the molecule is COc1ccc(CC(CNC(C)c2cccc3ccccc23)NS(=O)(=O)c2ccc(OC)cc2)cc1.Cl. The number of nitrogens with one attached hydrogen (secondary N) is 2. The molecule has 2 N–H and O–H groups in total. The van der Waals surface area contributed by atoms with Crippen LogP contribution < -0.4 is 19.5 Å². The minimum absolute atomic E-state index is 0. The van der Waals surface area contributed by atoms with Crippen molar-refractivity contribution in [2.45, 2.75) is 30.3 Å². The number of sulfonamides is 1. The molecule has 0 spiro atoms. The zero-order valence-corrected chi connectivity index (χ0v) is 22.8. The van der Waals surface area contributed by atoms with Gasteiger partial charge in [-0.1, -0.05) is 54.6 Å². The zero-order valence-electron chi connectivity index (χ0n) is 21.2. The van der Waals surface area contributed by atoms with E-state index in [1.165, 1.54) is 16.3 Å². The minimum atomic E-state index is -3.73. The number of methoxy groups -OCH3 is 2. The van der Waals surface area contributed by atoms with Gasteiger partial charge >= 0.3 is 0 Å². The van der Waals surface area contributed by atoms with E-state index in [0.717, 1.165) is 11.3 Å². The quantitative estimate of drug-likeness (QED) is 0.262. The fraction of sp³-hybridized carbons (Fsp3) is 0.241. The average molecular weight is 541 g/mol. The first kappa shape index (κ1) is 28.5. The van der Waals surface area contributed by atoms with Crippen LogP contribution in [0.5, 0.6) is 11.5 Å². The molecule has 4 aromatic carbocycles. The van der Waals surface area contributed by atoms with Crippen molar-refractivity contribution in [3.05, 3.63) is 102 Å². The summed E-state index contributed by atoms with van der Waals surface area (Å²) in [4.78, 5) is 0.199. The number of hydrogen-bond acceptors (Lipinski definition) is 5. The maximum atomic E-state index is 13.2. The lowest BCUT2D eigenvalue weighted by atomic mass is 9.99. The second kappa shape index (κ2) is 12.9. The van der Waals surface area contributed by atoms with E-state index in [2.05, 4.69) is 47.3 Å². The smallest absolute Gasteiger partial charge is 0.240 e. The average Bonchev–Trinajstić information content (AvgIpc) is 2.91. The van der Waals surface area contributed by atoms with E-state index >= 15 is 0 Å². The van der Waals surface area contributed by atoms with Crippen LogP contribution in [-0.4, -0.2) is 35.2 Å². The molecule has 0 heterocycles. The molecular formula is C29H33ClN2O4S. The molecule has 2 unspecified atom stereocenters. The van der Waals surface area contributed by atoms with Gasteiger partial charge in [0.15, 0.2) is 0 Å². The topological polar surface area (TPSA) is 76.7 Å². The number of ether oxygens (including phenoxy) is 2. The summed E-state index contributed by atoms with van der Waals surface area (Å²) >= 11 is 0. The molecule has 0 aromatic heterocycles. The molecule has 0 aliphatic rings. The molecule has 8 heteroatoms. The molecule has 0 saturated carbocycles. The molecule has 0 fully saturated rings. The Hall–Kier alpha value is -3.10. The molecule has 0 aliphatic carbocycles. The molecular weight excluding hydrogens is 508 g/mol. The normalized spacial score (nSPS) is 12.9. The first-order valence-electron chi connectivity index (χ1n) is 11.9. The third-order valence-corrected chi connectivity index (χ3v) is 7.83. The van der Waals surface area contributed by atoms with Crippen molar-refractivity contribution < 1.29 is 17.9 Å². The van der Waals surface area contributed by atoms with Gasteiger partial charge in [0, 0.05) is 18.6 Å². The van der Waals surface area contributed by atoms with Gasteiger partial charge in [-0.3, -0.25) is 0 Å². The Labute approximate surface area is 225 Å². The minimum Gasteiger partial charge on any atom is -0.497 e. The lowest BCUT2D eigenvalue weighted by Crippen LogP contribution is -2.44.